The van der Waals surface area contributed by atoms with E-state index in [1.54, 1.807) is 31.2 Å². The summed E-state index contributed by atoms with van der Waals surface area (Å²) in [6.07, 6.45) is -0.0874. The van der Waals surface area contributed by atoms with Gasteiger partial charge < -0.3 is 9.84 Å². The van der Waals surface area contributed by atoms with Crippen molar-refractivity contribution in [1.82, 2.24) is 0 Å². The smallest absolute Gasteiger partial charge is 0.309 e. The van der Waals surface area contributed by atoms with Gasteiger partial charge in [-0.15, -0.1) is 0 Å². The van der Waals surface area contributed by atoms with Gasteiger partial charge in [-0.3, -0.25) is 14.6 Å². The maximum atomic E-state index is 11.8. The average molecular weight is 340 g/mol. The number of hydrogen-bond donors (Lipinski definition) is 1. The van der Waals surface area contributed by atoms with Gasteiger partial charge in [0.15, 0.2) is 0 Å². The van der Waals surface area contributed by atoms with Crippen molar-refractivity contribution in [2.45, 2.75) is 39.7 Å². The first-order valence-corrected chi connectivity index (χ1v) is 7.90. The molecule has 0 spiro atoms. The van der Waals surface area contributed by atoms with Crippen LogP contribution < -0.4 is 0 Å². The third kappa shape index (κ3) is 6.82. The average Bonchev–Trinajstić information content (AvgIpc) is 2.46. The Labute approximate surface area is 141 Å². The summed E-state index contributed by atoms with van der Waals surface area (Å²) in [6, 6.07) is 6.53. The molecule has 0 bridgehead atoms. The highest BCUT2D eigenvalue weighted by molar-refractivity contribution is 6.30. The molecule has 0 amide bonds. The van der Waals surface area contributed by atoms with E-state index >= 15 is 0 Å². The highest BCUT2D eigenvalue weighted by atomic mass is 35.5. The van der Waals surface area contributed by atoms with E-state index in [1.165, 1.54) is 0 Å². The number of carboxylic acid groups (broad SMARTS) is 1. The van der Waals surface area contributed by atoms with Gasteiger partial charge in [-0.1, -0.05) is 37.6 Å². The number of esters is 1. The molecule has 5 nitrogen and oxygen atoms in total. The van der Waals surface area contributed by atoms with E-state index in [0.29, 0.717) is 17.3 Å². The summed E-state index contributed by atoms with van der Waals surface area (Å²) in [5.74, 6) is -1.33. The molecule has 0 saturated heterocycles. The summed E-state index contributed by atoms with van der Waals surface area (Å²) >= 11 is 5.89. The van der Waals surface area contributed by atoms with Crippen molar-refractivity contribution in [3.63, 3.8) is 0 Å². The third-order valence-corrected chi connectivity index (χ3v) is 3.49. The molecular weight excluding hydrogens is 318 g/mol. The van der Waals surface area contributed by atoms with Gasteiger partial charge in [-0.2, -0.15) is 0 Å². The highest BCUT2D eigenvalue weighted by Gasteiger charge is 2.19. The number of carboxylic acids is 1. The molecule has 0 aliphatic heterocycles. The number of benzene rings is 1. The van der Waals surface area contributed by atoms with Crippen molar-refractivity contribution < 1.29 is 19.4 Å². The number of carbonyl (C=O) groups is 2. The largest absolute Gasteiger partial charge is 0.481 e. The van der Waals surface area contributed by atoms with Crippen LogP contribution in [-0.2, 0) is 14.3 Å². The van der Waals surface area contributed by atoms with Gasteiger partial charge in [0, 0.05) is 10.7 Å². The summed E-state index contributed by atoms with van der Waals surface area (Å²) in [5, 5.41) is 9.61. The van der Waals surface area contributed by atoms with Crippen molar-refractivity contribution in [1.29, 1.82) is 0 Å². The van der Waals surface area contributed by atoms with E-state index in [0.717, 1.165) is 5.56 Å². The van der Waals surface area contributed by atoms with Crippen LogP contribution in [0.5, 0.6) is 0 Å². The Morgan fingerprint density at radius 1 is 1.26 bits per heavy atom. The van der Waals surface area contributed by atoms with Gasteiger partial charge in [-0.05, 0) is 30.5 Å². The normalized spacial score (nSPS) is 13.0. The van der Waals surface area contributed by atoms with Crippen LogP contribution >= 0.6 is 11.6 Å². The van der Waals surface area contributed by atoms with Crippen LogP contribution in [0.25, 0.3) is 0 Å². The second kappa shape index (κ2) is 9.30. The Morgan fingerprint density at radius 2 is 1.87 bits per heavy atom. The molecule has 0 aromatic heterocycles. The lowest BCUT2D eigenvalue weighted by Gasteiger charge is -2.16. The fourth-order valence-electron chi connectivity index (χ4n) is 2.05. The van der Waals surface area contributed by atoms with Gasteiger partial charge in [-0.25, -0.2) is 0 Å². The maximum absolute atomic E-state index is 11.8. The minimum absolute atomic E-state index is 0.0249. The Morgan fingerprint density at radius 3 is 2.35 bits per heavy atom. The highest BCUT2D eigenvalue weighted by Crippen LogP contribution is 2.25. The topological polar surface area (TPSA) is 76.0 Å². The van der Waals surface area contributed by atoms with Crippen LogP contribution in [0, 0.1) is 5.92 Å². The van der Waals surface area contributed by atoms with Crippen molar-refractivity contribution in [3.05, 3.63) is 34.9 Å². The molecule has 0 heterocycles. The Balaban J connectivity index is 3.13. The van der Waals surface area contributed by atoms with Crippen molar-refractivity contribution in [3.8, 4) is 0 Å². The summed E-state index contributed by atoms with van der Waals surface area (Å²) in [5.41, 5.74) is 1.34. The Bertz CT molecular complexity index is 566. The predicted octanol–water partition coefficient (Wildman–Crippen LogP) is 3.91. The number of hydrogen-bond acceptors (Lipinski definition) is 4. The number of ether oxygens (including phenoxy) is 1. The van der Waals surface area contributed by atoms with Gasteiger partial charge in [0.25, 0.3) is 0 Å². The van der Waals surface area contributed by atoms with E-state index in [4.69, 9.17) is 21.4 Å². The lowest BCUT2D eigenvalue weighted by atomic mass is 10.0. The van der Waals surface area contributed by atoms with E-state index in [-0.39, 0.29) is 24.7 Å². The number of aliphatic carboxylic acids is 1. The molecule has 126 valence electrons. The maximum Gasteiger partial charge on any atom is 0.309 e. The molecule has 0 radical (unpaired) electrons. The van der Waals surface area contributed by atoms with E-state index in [1.807, 2.05) is 13.8 Å². The second-order valence-corrected chi connectivity index (χ2v) is 5.86. The monoisotopic (exact) mass is 339 g/mol. The first-order valence-electron chi connectivity index (χ1n) is 7.52. The van der Waals surface area contributed by atoms with Crippen molar-refractivity contribution in [2.24, 2.45) is 10.9 Å². The van der Waals surface area contributed by atoms with Gasteiger partial charge >= 0.3 is 11.9 Å². The van der Waals surface area contributed by atoms with E-state index < -0.39 is 12.0 Å². The van der Waals surface area contributed by atoms with Crippen LogP contribution in [-0.4, -0.2) is 29.4 Å². The zero-order valence-electron chi connectivity index (χ0n) is 13.6. The summed E-state index contributed by atoms with van der Waals surface area (Å²) < 4.78 is 4.99. The summed E-state index contributed by atoms with van der Waals surface area (Å²) in [6.45, 7) is 5.79. The predicted molar refractivity (Wildman–Crippen MR) is 90.0 cm³/mol. The molecule has 0 saturated carbocycles. The molecule has 1 rings (SSSR count). The number of nitrogens with zero attached hydrogens (tertiary/aromatic N) is 1. The van der Waals surface area contributed by atoms with Crippen LogP contribution in [0.4, 0.5) is 0 Å². The molecule has 1 unspecified atom stereocenters. The lowest BCUT2D eigenvalue weighted by molar-refractivity contribution is -0.143. The fraction of sp³-hybridized carbons (Fsp3) is 0.471. The van der Waals surface area contributed by atoms with Crippen LogP contribution in [0.1, 0.15) is 45.2 Å². The first-order chi connectivity index (χ1) is 10.8. The summed E-state index contributed by atoms with van der Waals surface area (Å²) in [7, 11) is 0. The van der Waals surface area contributed by atoms with E-state index in [9.17, 15) is 9.59 Å². The number of halogens is 1. The zero-order chi connectivity index (χ0) is 17.4. The minimum Gasteiger partial charge on any atom is -0.481 e. The quantitative estimate of drug-likeness (QED) is 0.575. The standard InChI is InChI=1S/C17H22ClNO4/c1-4-23-17(22)10-15(12-5-7-13(18)8-6-12)19-14(11(2)3)9-16(20)21/h5-8,11,15H,4,9-10H2,1-3H3,(H,20,21). The second-order valence-electron chi connectivity index (χ2n) is 5.42. The minimum atomic E-state index is -0.941. The lowest BCUT2D eigenvalue weighted by Crippen LogP contribution is -2.17. The van der Waals surface area contributed by atoms with Gasteiger partial charge in [0.1, 0.15) is 0 Å². The molecule has 6 heteroatoms. The number of rotatable bonds is 8. The SMILES string of the molecule is CCOC(=O)CC(N=C(CC(=O)O)C(C)C)c1ccc(Cl)cc1. The van der Waals surface area contributed by atoms with E-state index in [2.05, 4.69) is 4.99 Å². The van der Waals surface area contributed by atoms with Crippen LogP contribution in [0.2, 0.25) is 5.02 Å². The van der Waals surface area contributed by atoms with Gasteiger partial charge in [0.05, 0.1) is 25.5 Å². The molecule has 1 atom stereocenters. The number of carbonyl (C=O) groups excluding carboxylic acids is 1. The van der Waals surface area contributed by atoms with Crippen molar-refractivity contribution in [2.75, 3.05) is 6.61 Å². The molecule has 1 N–H and O–H groups in total. The van der Waals surface area contributed by atoms with Gasteiger partial charge in [0.2, 0.25) is 0 Å². The molecule has 1 aromatic rings. The van der Waals surface area contributed by atoms with Crippen molar-refractivity contribution >= 4 is 29.3 Å². The third-order valence-electron chi connectivity index (χ3n) is 3.24. The van der Waals surface area contributed by atoms with Crippen LogP contribution in [0.15, 0.2) is 29.3 Å². The molecule has 0 aliphatic rings. The first kappa shape index (κ1) is 19.2. The summed E-state index contributed by atoms with van der Waals surface area (Å²) in [4.78, 5) is 27.4. The molecule has 0 aliphatic carbocycles. The molecule has 23 heavy (non-hydrogen) atoms. The number of aliphatic imine (C=N–C) groups is 1. The zero-order valence-corrected chi connectivity index (χ0v) is 14.3. The molecule has 0 fully saturated rings. The Kier molecular flexibility index (Phi) is 7.75. The fourth-order valence-corrected chi connectivity index (χ4v) is 2.18. The molecular formula is C17H22ClNO4. The Hall–Kier alpha value is -1.88. The molecule has 1 aromatic carbocycles. The van der Waals surface area contributed by atoms with Crippen LogP contribution in [0.3, 0.4) is 0 Å².